The lowest BCUT2D eigenvalue weighted by atomic mass is 10.0. The van der Waals surface area contributed by atoms with Crippen molar-refractivity contribution in [2.75, 3.05) is 6.61 Å². The molecule has 0 unspecified atom stereocenters. The summed E-state index contributed by atoms with van der Waals surface area (Å²) < 4.78 is 5.87. The Morgan fingerprint density at radius 2 is 1.37 bits per heavy atom. The quantitative estimate of drug-likeness (QED) is 0.133. The molecular weight excluding hydrogens is 538 g/mol. The maximum atomic E-state index is 12.7. The molecule has 7 nitrogen and oxygen atoms in total. The van der Waals surface area contributed by atoms with Gasteiger partial charge in [0.05, 0.1) is 6.61 Å². The number of nitrogens with zero attached hydrogens (tertiary/aromatic N) is 2. The monoisotopic (exact) mass is 579 g/mol. The van der Waals surface area contributed by atoms with Crippen molar-refractivity contribution in [1.82, 2.24) is 15.3 Å². The Morgan fingerprint density at radius 1 is 0.744 bits per heavy atom. The number of carbonyl (C=O) groups is 2. The molecule has 43 heavy (non-hydrogen) atoms. The van der Waals surface area contributed by atoms with Crippen molar-refractivity contribution in [3.63, 3.8) is 0 Å². The molecule has 0 radical (unpaired) electrons. The highest BCUT2D eigenvalue weighted by atomic mass is 16.5. The third kappa shape index (κ3) is 9.50. The first-order valence-corrected chi connectivity index (χ1v) is 15.2. The molecule has 0 saturated carbocycles. The van der Waals surface area contributed by atoms with Gasteiger partial charge in [-0.15, -0.1) is 0 Å². The summed E-state index contributed by atoms with van der Waals surface area (Å²) in [5.41, 5.74) is 5.12. The molecule has 0 aliphatic carbocycles. The average Bonchev–Trinajstić information content (AvgIpc) is 3.03. The fourth-order valence-corrected chi connectivity index (χ4v) is 4.84. The molecule has 0 spiro atoms. The fraction of sp³-hybridized carbons (Fsp3) is 0.333. The van der Waals surface area contributed by atoms with Crippen molar-refractivity contribution < 1.29 is 19.4 Å². The number of ether oxygens (including phenoxy) is 1. The van der Waals surface area contributed by atoms with E-state index in [0.717, 1.165) is 59.4 Å². The number of benzene rings is 3. The van der Waals surface area contributed by atoms with Crippen molar-refractivity contribution in [1.29, 1.82) is 0 Å². The number of hydrogen-bond donors (Lipinski definition) is 2. The van der Waals surface area contributed by atoms with Crippen molar-refractivity contribution in [2.45, 2.75) is 71.3 Å². The van der Waals surface area contributed by atoms with E-state index in [2.05, 4.69) is 29.1 Å². The van der Waals surface area contributed by atoms with E-state index >= 15 is 0 Å². The Kier molecular flexibility index (Phi) is 11.8. The van der Waals surface area contributed by atoms with Crippen LogP contribution in [0.25, 0.3) is 22.5 Å². The second kappa shape index (κ2) is 16.2. The lowest BCUT2D eigenvalue weighted by molar-refractivity contribution is -0.139. The highest BCUT2D eigenvalue weighted by Gasteiger charge is 2.21. The van der Waals surface area contributed by atoms with Gasteiger partial charge in [-0.05, 0) is 53.8 Å². The van der Waals surface area contributed by atoms with Crippen LogP contribution in [0.15, 0.2) is 85.2 Å². The van der Waals surface area contributed by atoms with Gasteiger partial charge in [-0.3, -0.25) is 4.79 Å². The molecule has 1 amide bonds. The van der Waals surface area contributed by atoms with Gasteiger partial charge in [0.2, 0.25) is 0 Å². The molecule has 0 bridgehead atoms. The van der Waals surface area contributed by atoms with Crippen LogP contribution in [0, 0.1) is 0 Å². The first-order valence-electron chi connectivity index (χ1n) is 15.2. The number of amides is 1. The summed E-state index contributed by atoms with van der Waals surface area (Å²) in [6.07, 6.45) is 11.8. The zero-order valence-electron chi connectivity index (χ0n) is 25.1. The number of carboxylic acid groups (broad SMARTS) is 1. The molecule has 2 N–H and O–H groups in total. The molecule has 224 valence electrons. The van der Waals surface area contributed by atoms with Crippen LogP contribution >= 0.6 is 0 Å². The number of carboxylic acids is 1. The summed E-state index contributed by atoms with van der Waals surface area (Å²) >= 11 is 0. The molecule has 1 heterocycles. The van der Waals surface area contributed by atoms with Crippen molar-refractivity contribution in [3.8, 4) is 28.3 Å². The van der Waals surface area contributed by atoms with Gasteiger partial charge in [0, 0.05) is 35.5 Å². The van der Waals surface area contributed by atoms with Crippen LogP contribution in [-0.2, 0) is 17.6 Å². The number of hydrogen-bond acceptors (Lipinski definition) is 5. The van der Waals surface area contributed by atoms with Crippen LogP contribution in [0.5, 0.6) is 5.75 Å². The Morgan fingerprint density at radius 3 is 2.00 bits per heavy atom. The summed E-state index contributed by atoms with van der Waals surface area (Å²) in [5, 5.41) is 12.4. The van der Waals surface area contributed by atoms with E-state index in [-0.39, 0.29) is 6.42 Å². The van der Waals surface area contributed by atoms with E-state index < -0.39 is 17.9 Å². The van der Waals surface area contributed by atoms with E-state index in [1.807, 2.05) is 60.7 Å². The SMILES string of the molecule is CCCCCCCOc1ccc(-c2cnc(-c3ccc(C[C@H](NC(=O)c4ccc(CCC)cc4)C(=O)O)cc3)nc2)cc1. The van der Waals surface area contributed by atoms with Crippen LogP contribution in [0.3, 0.4) is 0 Å². The lowest BCUT2D eigenvalue weighted by Crippen LogP contribution is -2.42. The number of carbonyl (C=O) groups excluding carboxylic acids is 1. The van der Waals surface area contributed by atoms with Gasteiger partial charge in [-0.2, -0.15) is 0 Å². The fourth-order valence-electron chi connectivity index (χ4n) is 4.84. The predicted molar refractivity (Wildman–Crippen MR) is 170 cm³/mol. The van der Waals surface area contributed by atoms with Gasteiger partial charge in [0.1, 0.15) is 11.8 Å². The van der Waals surface area contributed by atoms with Crippen LogP contribution in [0.4, 0.5) is 0 Å². The molecule has 1 atom stereocenters. The minimum absolute atomic E-state index is 0.160. The number of nitrogens with one attached hydrogen (secondary N) is 1. The summed E-state index contributed by atoms with van der Waals surface area (Å²) in [6.45, 7) is 5.05. The molecule has 7 heteroatoms. The topological polar surface area (TPSA) is 101 Å². The molecule has 4 aromatic rings. The molecule has 3 aromatic carbocycles. The normalized spacial score (nSPS) is 11.6. The zero-order valence-corrected chi connectivity index (χ0v) is 25.1. The molecule has 0 aliphatic rings. The Balaban J connectivity index is 1.31. The smallest absolute Gasteiger partial charge is 0.326 e. The maximum Gasteiger partial charge on any atom is 0.326 e. The van der Waals surface area contributed by atoms with Crippen molar-refractivity contribution in [2.24, 2.45) is 0 Å². The standard InChI is InChI=1S/C36H41N3O4/c1-3-5-6-7-8-22-43-32-20-18-28(19-21-32)31-24-37-34(38-25-31)29-14-12-27(13-15-29)23-33(36(41)42)39-35(40)30-16-10-26(9-4-2)11-17-30/h10-21,24-25,33H,3-9,22-23H2,1-2H3,(H,39,40)(H,41,42)/t33-/m0/s1. The molecule has 0 fully saturated rings. The highest BCUT2D eigenvalue weighted by Crippen LogP contribution is 2.24. The van der Waals surface area contributed by atoms with Crippen LogP contribution in [0.1, 0.15) is 73.9 Å². The summed E-state index contributed by atoms with van der Waals surface area (Å²) in [5.74, 6) is -0.0444. The van der Waals surface area contributed by atoms with E-state index in [4.69, 9.17) is 4.74 Å². The van der Waals surface area contributed by atoms with Crippen LogP contribution in [0.2, 0.25) is 0 Å². The van der Waals surface area contributed by atoms with E-state index in [9.17, 15) is 14.7 Å². The molecular formula is C36H41N3O4. The van der Waals surface area contributed by atoms with Crippen LogP contribution < -0.4 is 10.1 Å². The van der Waals surface area contributed by atoms with E-state index in [0.29, 0.717) is 11.4 Å². The second-order valence-electron chi connectivity index (χ2n) is 10.8. The largest absolute Gasteiger partial charge is 0.494 e. The summed E-state index contributed by atoms with van der Waals surface area (Å²) in [6, 6.07) is 21.6. The third-order valence-corrected chi connectivity index (χ3v) is 7.37. The Labute approximate surface area is 254 Å². The van der Waals surface area contributed by atoms with Gasteiger partial charge < -0.3 is 15.2 Å². The second-order valence-corrected chi connectivity index (χ2v) is 10.8. The Bertz CT molecular complexity index is 1430. The van der Waals surface area contributed by atoms with Crippen molar-refractivity contribution >= 4 is 11.9 Å². The number of aryl methyl sites for hydroxylation is 1. The minimum Gasteiger partial charge on any atom is -0.494 e. The predicted octanol–water partition coefficient (Wildman–Crippen LogP) is 7.54. The number of unbranched alkanes of at least 4 members (excludes halogenated alkanes) is 4. The van der Waals surface area contributed by atoms with Gasteiger partial charge in [0.25, 0.3) is 5.91 Å². The lowest BCUT2D eigenvalue weighted by Gasteiger charge is -2.15. The van der Waals surface area contributed by atoms with Crippen molar-refractivity contribution in [3.05, 3.63) is 102 Å². The highest BCUT2D eigenvalue weighted by molar-refractivity contribution is 5.96. The number of aliphatic carboxylic acids is 1. The molecule has 0 aliphatic heterocycles. The van der Waals surface area contributed by atoms with E-state index in [1.165, 1.54) is 25.7 Å². The Hall–Kier alpha value is -4.52. The van der Waals surface area contributed by atoms with E-state index in [1.54, 1.807) is 24.5 Å². The zero-order chi connectivity index (χ0) is 30.4. The first-order chi connectivity index (χ1) is 21.0. The molecule has 1 aromatic heterocycles. The maximum absolute atomic E-state index is 12.7. The molecule has 0 saturated heterocycles. The molecule has 4 rings (SSSR count). The number of aromatic nitrogens is 2. The summed E-state index contributed by atoms with van der Waals surface area (Å²) in [7, 11) is 0. The summed E-state index contributed by atoms with van der Waals surface area (Å²) in [4.78, 5) is 33.7. The van der Waals surface area contributed by atoms with Gasteiger partial charge in [-0.1, -0.05) is 94.5 Å². The van der Waals surface area contributed by atoms with Gasteiger partial charge in [-0.25, -0.2) is 14.8 Å². The first kappa shape index (κ1) is 31.4. The van der Waals surface area contributed by atoms with Gasteiger partial charge in [0.15, 0.2) is 5.82 Å². The third-order valence-electron chi connectivity index (χ3n) is 7.37. The minimum atomic E-state index is -1.08. The average molecular weight is 580 g/mol. The van der Waals surface area contributed by atoms with Crippen LogP contribution in [-0.4, -0.2) is 39.6 Å². The van der Waals surface area contributed by atoms with Gasteiger partial charge >= 0.3 is 5.97 Å². The number of rotatable bonds is 16.